The van der Waals surface area contributed by atoms with Crippen molar-refractivity contribution in [2.45, 2.75) is 19.0 Å². The van der Waals surface area contributed by atoms with Crippen LogP contribution in [0.5, 0.6) is 5.75 Å². The molecule has 1 saturated heterocycles. The number of likely N-dealkylation sites (tertiary alicyclic amines) is 1. The molecule has 1 aliphatic heterocycles. The van der Waals surface area contributed by atoms with Gasteiger partial charge >= 0.3 is 0 Å². The molecule has 2 rings (SSSR count). The highest BCUT2D eigenvalue weighted by atomic mass is 19.1. The van der Waals surface area contributed by atoms with Gasteiger partial charge in [0, 0.05) is 31.2 Å². The largest absolute Gasteiger partial charge is 0.496 e. The summed E-state index contributed by atoms with van der Waals surface area (Å²) in [5.74, 6) is 0.515. The van der Waals surface area contributed by atoms with Gasteiger partial charge in [0.1, 0.15) is 11.6 Å². The molecule has 0 aliphatic carbocycles. The number of methoxy groups -OCH3 is 1. The van der Waals surface area contributed by atoms with E-state index in [-0.39, 0.29) is 11.9 Å². The molecule has 88 valence electrons. The Morgan fingerprint density at radius 2 is 2.38 bits per heavy atom. The van der Waals surface area contributed by atoms with Gasteiger partial charge in [0.25, 0.3) is 0 Å². The van der Waals surface area contributed by atoms with Crippen molar-refractivity contribution < 1.29 is 9.13 Å². The van der Waals surface area contributed by atoms with E-state index in [1.54, 1.807) is 13.2 Å². The predicted octanol–water partition coefficient (Wildman–Crippen LogP) is 1.37. The van der Waals surface area contributed by atoms with Gasteiger partial charge in [-0.1, -0.05) is 0 Å². The van der Waals surface area contributed by atoms with Crippen LogP contribution in [0.15, 0.2) is 18.2 Å². The zero-order valence-corrected chi connectivity index (χ0v) is 9.45. The van der Waals surface area contributed by atoms with Crippen LogP contribution in [0.3, 0.4) is 0 Å². The van der Waals surface area contributed by atoms with E-state index in [1.807, 2.05) is 0 Å². The number of benzene rings is 1. The third kappa shape index (κ3) is 2.51. The van der Waals surface area contributed by atoms with Crippen molar-refractivity contribution in [1.82, 2.24) is 4.90 Å². The minimum atomic E-state index is -0.223. The van der Waals surface area contributed by atoms with Gasteiger partial charge in [-0.3, -0.25) is 4.90 Å². The molecule has 1 aromatic carbocycles. The van der Waals surface area contributed by atoms with Gasteiger partial charge in [-0.2, -0.15) is 0 Å². The Hall–Kier alpha value is -1.13. The van der Waals surface area contributed by atoms with Crippen molar-refractivity contribution in [1.29, 1.82) is 0 Å². The summed E-state index contributed by atoms with van der Waals surface area (Å²) < 4.78 is 18.3. The fourth-order valence-corrected chi connectivity index (χ4v) is 2.12. The van der Waals surface area contributed by atoms with E-state index in [1.165, 1.54) is 12.1 Å². The Morgan fingerprint density at radius 3 is 3.00 bits per heavy atom. The number of rotatable bonds is 3. The summed E-state index contributed by atoms with van der Waals surface area (Å²) in [5, 5.41) is 0. The summed E-state index contributed by atoms with van der Waals surface area (Å²) in [5.41, 5.74) is 6.72. The minimum Gasteiger partial charge on any atom is -0.496 e. The fourth-order valence-electron chi connectivity index (χ4n) is 2.12. The zero-order valence-electron chi connectivity index (χ0n) is 9.45. The average Bonchev–Trinajstić information content (AvgIpc) is 2.64. The second-order valence-corrected chi connectivity index (χ2v) is 4.24. The molecule has 1 fully saturated rings. The SMILES string of the molecule is COc1ccc(F)cc1CN1CC[C@H](N)C1. The van der Waals surface area contributed by atoms with Gasteiger partial charge < -0.3 is 10.5 Å². The van der Waals surface area contributed by atoms with Crippen molar-refractivity contribution in [3.8, 4) is 5.75 Å². The maximum Gasteiger partial charge on any atom is 0.123 e. The maximum atomic E-state index is 13.1. The van der Waals surface area contributed by atoms with Crippen LogP contribution < -0.4 is 10.5 Å². The number of ether oxygens (including phenoxy) is 1. The molecule has 0 radical (unpaired) electrons. The number of nitrogens with zero attached hydrogens (tertiary/aromatic N) is 1. The Kier molecular flexibility index (Phi) is 3.41. The second-order valence-electron chi connectivity index (χ2n) is 4.24. The van der Waals surface area contributed by atoms with Crippen molar-refractivity contribution >= 4 is 0 Å². The quantitative estimate of drug-likeness (QED) is 0.842. The molecule has 0 bridgehead atoms. The first-order chi connectivity index (χ1) is 7.69. The third-order valence-electron chi connectivity index (χ3n) is 2.95. The van der Waals surface area contributed by atoms with E-state index in [2.05, 4.69) is 4.90 Å². The van der Waals surface area contributed by atoms with Crippen LogP contribution in [0, 0.1) is 5.82 Å². The van der Waals surface area contributed by atoms with Crippen molar-refractivity contribution in [2.24, 2.45) is 5.73 Å². The van der Waals surface area contributed by atoms with E-state index in [4.69, 9.17) is 10.5 Å². The summed E-state index contributed by atoms with van der Waals surface area (Å²) in [6.07, 6.45) is 1.01. The molecule has 0 saturated carbocycles. The van der Waals surface area contributed by atoms with Gasteiger partial charge in [0.05, 0.1) is 7.11 Å². The number of halogens is 1. The molecule has 16 heavy (non-hydrogen) atoms. The van der Waals surface area contributed by atoms with Crippen LogP contribution in [0.2, 0.25) is 0 Å². The second kappa shape index (κ2) is 4.80. The number of nitrogens with two attached hydrogens (primary N) is 1. The van der Waals surface area contributed by atoms with Crippen molar-refractivity contribution in [3.05, 3.63) is 29.6 Å². The Morgan fingerprint density at radius 1 is 1.56 bits per heavy atom. The van der Waals surface area contributed by atoms with E-state index in [0.717, 1.165) is 30.8 Å². The molecule has 3 nitrogen and oxygen atoms in total. The molecule has 1 heterocycles. The molecule has 1 aromatic rings. The predicted molar refractivity (Wildman–Crippen MR) is 60.8 cm³/mol. The highest BCUT2D eigenvalue weighted by Crippen LogP contribution is 2.22. The molecule has 2 N–H and O–H groups in total. The van der Waals surface area contributed by atoms with E-state index in [9.17, 15) is 4.39 Å². The molecule has 1 atom stereocenters. The van der Waals surface area contributed by atoms with Crippen LogP contribution in [0.4, 0.5) is 4.39 Å². The van der Waals surface area contributed by atoms with Crippen molar-refractivity contribution in [3.63, 3.8) is 0 Å². The Labute approximate surface area is 95.0 Å². The molecule has 0 amide bonds. The van der Waals surface area contributed by atoms with Gasteiger partial charge in [0.15, 0.2) is 0 Å². The maximum absolute atomic E-state index is 13.1. The smallest absolute Gasteiger partial charge is 0.123 e. The van der Waals surface area contributed by atoms with Gasteiger partial charge in [-0.25, -0.2) is 4.39 Å². The first-order valence-corrected chi connectivity index (χ1v) is 5.49. The molecular weight excluding hydrogens is 207 g/mol. The van der Waals surface area contributed by atoms with Crippen LogP contribution in [0.1, 0.15) is 12.0 Å². The van der Waals surface area contributed by atoms with Crippen LogP contribution >= 0.6 is 0 Å². The lowest BCUT2D eigenvalue weighted by atomic mass is 10.2. The summed E-state index contributed by atoms with van der Waals surface area (Å²) in [6.45, 7) is 2.55. The van der Waals surface area contributed by atoms with Crippen LogP contribution in [-0.2, 0) is 6.54 Å². The monoisotopic (exact) mass is 224 g/mol. The number of hydrogen-bond donors (Lipinski definition) is 1. The van der Waals surface area contributed by atoms with Gasteiger partial charge in [-0.15, -0.1) is 0 Å². The topological polar surface area (TPSA) is 38.5 Å². The lowest BCUT2D eigenvalue weighted by Gasteiger charge is -2.17. The first-order valence-electron chi connectivity index (χ1n) is 5.49. The van der Waals surface area contributed by atoms with Gasteiger partial charge in [0.2, 0.25) is 0 Å². The zero-order chi connectivity index (χ0) is 11.5. The summed E-state index contributed by atoms with van der Waals surface area (Å²) in [7, 11) is 1.60. The Bertz CT molecular complexity index is 370. The highest BCUT2D eigenvalue weighted by Gasteiger charge is 2.20. The molecule has 0 unspecified atom stereocenters. The minimum absolute atomic E-state index is 0.223. The normalized spacial score (nSPS) is 21.3. The summed E-state index contributed by atoms with van der Waals surface area (Å²) in [6, 6.07) is 4.86. The summed E-state index contributed by atoms with van der Waals surface area (Å²) >= 11 is 0. The average molecular weight is 224 g/mol. The van der Waals surface area contributed by atoms with Crippen molar-refractivity contribution in [2.75, 3.05) is 20.2 Å². The van der Waals surface area contributed by atoms with Crippen LogP contribution in [0.25, 0.3) is 0 Å². The molecule has 0 aromatic heterocycles. The Balaban J connectivity index is 2.10. The van der Waals surface area contributed by atoms with Gasteiger partial charge in [-0.05, 0) is 24.6 Å². The third-order valence-corrected chi connectivity index (χ3v) is 2.95. The van der Waals surface area contributed by atoms with E-state index in [0.29, 0.717) is 6.54 Å². The highest BCUT2D eigenvalue weighted by molar-refractivity contribution is 5.33. The van der Waals surface area contributed by atoms with E-state index >= 15 is 0 Å². The lowest BCUT2D eigenvalue weighted by Crippen LogP contribution is -2.26. The first kappa shape index (κ1) is 11.4. The standard InChI is InChI=1S/C12H17FN2O/c1-16-12-3-2-10(13)6-9(12)7-15-5-4-11(14)8-15/h2-3,6,11H,4-5,7-8,14H2,1H3/t11-/m0/s1. The lowest BCUT2D eigenvalue weighted by molar-refractivity contribution is 0.316. The molecule has 0 spiro atoms. The summed E-state index contributed by atoms with van der Waals surface area (Å²) in [4.78, 5) is 2.22. The molecule has 4 heteroatoms. The fraction of sp³-hybridized carbons (Fsp3) is 0.500. The van der Waals surface area contributed by atoms with E-state index < -0.39 is 0 Å². The van der Waals surface area contributed by atoms with Crippen LogP contribution in [-0.4, -0.2) is 31.1 Å². The number of hydrogen-bond acceptors (Lipinski definition) is 3. The molecule has 1 aliphatic rings. The molecular formula is C12H17FN2O.